The fraction of sp³-hybridized carbons (Fsp3) is 0.263. The molecular formula is C19H20N2O4. The highest BCUT2D eigenvalue weighted by Crippen LogP contribution is 2.35. The van der Waals surface area contributed by atoms with E-state index in [9.17, 15) is 9.59 Å². The fourth-order valence-electron chi connectivity index (χ4n) is 2.61. The molecule has 0 saturated heterocycles. The summed E-state index contributed by atoms with van der Waals surface area (Å²) in [5, 5.41) is 2.84. The first kappa shape index (κ1) is 16.8. The molecular weight excluding hydrogens is 320 g/mol. The molecule has 0 spiro atoms. The zero-order chi connectivity index (χ0) is 17.8. The number of hydrogen-bond donors (Lipinski definition) is 1. The molecule has 0 unspecified atom stereocenters. The van der Waals surface area contributed by atoms with Gasteiger partial charge in [0.2, 0.25) is 12.7 Å². The van der Waals surface area contributed by atoms with Crippen LogP contribution >= 0.6 is 0 Å². The lowest BCUT2D eigenvalue weighted by Crippen LogP contribution is -2.37. The van der Waals surface area contributed by atoms with Gasteiger partial charge in [-0.3, -0.25) is 9.59 Å². The molecule has 1 aliphatic heterocycles. The quantitative estimate of drug-likeness (QED) is 0.908. The van der Waals surface area contributed by atoms with Crippen LogP contribution in [0.2, 0.25) is 0 Å². The number of nitrogens with zero attached hydrogens (tertiary/aromatic N) is 1. The zero-order valence-corrected chi connectivity index (χ0v) is 14.2. The van der Waals surface area contributed by atoms with E-state index in [1.165, 1.54) is 6.92 Å². The third kappa shape index (κ3) is 3.91. The first-order valence-corrected chi connectivity index (χ1v) is 8.07. The second-order valence-electron chi connectivity index (χ2n) is 5.83. The van der Waals surface area contributed by atoms with Gasteiger partial charge >= 0.3 is 0 Å². The number of amides is 2. The molecule has 1 N–H and O–H groups in total. The van der Waals surface area contributed by atoms with Crippen LogP contribution in [0.5, 0.6) is 11.5 Å². The Balaban J connectivity index is 1.62. The van der Waals surface area contributed by atoms with Crippen molar-refractivity contribution in [1.82, 2.24) is 5.32 Å². The van der Waals surface area contributed by atoms with Crippen LogP contribution in [0.4, 0.5) is 5.69 Å². The van der Waals surface area contributed by atoms with Crippen LogP contribution in [0.3, 0.4) is 0 Å². The summed E-state index contributed by atoms with van der Waals surface area (Å²) in [7, 11) is 0. The number of nitrogens with one attached hydrogen (secondary N) is 1. The van der Waals surface area contributed by atoms with E-state index < -0.39 is 0 Å². The molecule has 2 amide bonds. The summed E-state index contributed by atoms with van der Waals surface area (Å²) < 4.78 is 10.6. The van der Waals surface area contributed by atoms with Crippen molar-refractivity contribution >= 4 is 17.5 Å². The van der Waals surface area contributed by atoms with Gasteiger partial charge in [0.05, 0.1) is 0 Å². The maximum absolute atomic E-state index is 12.1. The van der Waals surface area contributed by atoms with Crippen molar-refractivity contribution in [3.63, 3.8) is 0 Å². The Labute approximate surface area is 146 Å². The van der Waals surface area contributed by atoms with Crippen LogP contribution in [0.1, 0.15) is 22.8 Å². The van der Waals surface area contributed by atoms with E-state index in [4.69, 9.17) is 9.47 Å². The molecule has 0 radical (unpaired) electrons. The Kier molecular flexibility index (Phi) is 4.88. The lowest BCUT2D eigenvalue weighted by molar-refractivity contribution is -0.116. The Morgan fingerprint density at radius 1 is 1.08 bits per heavy atom. The van der Waals surface area contributed by atoms with Gasteiger partial charge in [0.15, 0.2) is 11.5 Å². The molecule has 1 aliphatic rings. The fourth-order valence-corrected chi connectivity index (χ4v) is 2.61. The highest BCUT2D eigenvalue weighted by molar-refractivity contribution is 5.94. The van der Waals surface area contributed by atoms with Crippen molar-refractivity contribution < 1.29 is 19.1 Å². The summed E-state index contributed by atoms with van der Waals surface area (Å²) in [6.07, 6.45) is 0. The van der Waals surface area contributed by atoms with Gasteiger partial charge in [-0.1, -0.05) is 17.7 Å². The summed E-state index contributed by atoms with van der Waals surface area (Å²) in [6, 6.07) is 12.7. The lowest BCUT2D eigenvalue weighted by atomic mass is 10.1. The van der Waals surface area contributed by atoms with Crippen LogP contribution < -0.4 is 19.7 Å². The Hall–Kier alpha value is -3.02. The second kappa shape index (κ2) is 7.25. The molecule has 25 heavy (non-hydrogen) atoms. The van der Waals surface area contributed by atoms with E-state index in [1.54, 1.807) is 35.2 Å². The number of carbonyl (C=O) groups is 2. The molecule has 3 rings (SSSR count). The van der Waals surface area contributed by atoms with E-state index in [2.05, 4.69) is 5.32 Å². The number of aryl methyl sites for hydroxylation is 1. The number of rotatable bonds is 5. The molecule has 2 aromatic carbocycles. The lowest BCUT2D eigenvalue weighted by Gasteiger charge is -2.21. The topological polar surface area (TPSA) is 67.9 Å². The summed E-state index contributed by atoms with van der Waals surface area (Å²) in [5.41, 5.74) is 2.41. The number of benzene rings is 2. The molecule has 130 valence electrons. The maximum Gasteiger partial charge on any atom is 0.251 e. The van der Waals surface area contributed by atoms with E-state index in [0.29, 0.717) is 35.8 Å². The molecule has 0 saturated carbocycles. The van der Waals surface area contributed by atoms with Gasteiger partial charge in [-0.2, -0.15) is 0 Å². The average Bonchev–Trinajstić information content (AvgIpc) is 3.06. The summed E-state index contributed by atoms with van der Waals surface area (Å²) in [5.74, 6) is 1.02. The van der Waals surface area contributed by atoms with Crippen molar-refractivity contribution in [2.75, 3.05) is 24.8 Å². The zero-order valence-electron chi connectivity index (χ0n) is 14.2. The van der Waals surface area contributed by atoms with Crippen LogP contribution in [-0.2, 0) is 4.79 Å². The molecule has 0 atom stereocenters. The van der Waals surface area contributed by atoms with Crippen LogP contribution in [0.25, 0.3) is 0 Å². The van der Waals surface area contributed by atoms with Gasteiger partial charge in [-0.05, 0) is 31.2 Å². The minimum atomic E-state index is -0.158. The third-order valence-electron chi connectivity index (χ3n) is 3.98. The van der Waals surface area contributed by atoms with Crippen molar-refractivity contribution in [1.29, 1.82) is 0 Å². The normalized spacial score (nSPS) is 11.9. The highest BCUT2D eigenvalue weighted by Gasteiger charge is 2.18. The average molecular weight is 340 g/mol. The van der Waals surface area contributed by atoms with E-state index in [1.807, 2.05) is 19.1 Å². The smallest absolute Gasteiger partial charge is 0.251 e. The third-order valence-corrected chi connectivity index (χ3v) is 3.98. The molecule has 0 bridgehead atoms. The molecule has 1 heterocycles. The van der Waals surface area contributed by atoms with Gasteiger partial charge in [-0.15, -0.1) is 0 Å². The SMILES string of the molecule is CC(=O)N(CCNC(=O)c1ccc(C)cc1)c1ccc2c(c1)OCO2. The van der Waals surface area contributed by atoms with Crippen LogP contribution in [0, 0.1) is 6.92 Å². The molecule has 0 aromatic heterocycles. The van der Waals surface area contributed by atoms with Crippen molar-refractivity contribution in [3.8, 4) is 11.5 Å². The molecule has 2 aromatic rings. The largest absolute Gasteiger partial charge is 0.454 e. The van der Waals surface area contributed by atoms with E-state index in [0.717, 1.165) is 5.56 Å². The van der Waals surface area contributed by atoms with Gasteiger partial charge in [0.1, 0.15) is 0 Å². The van der Waals surface area contributed by atoms with Gasteiger partial charge in [-0.25, -0.2) is 0 Å². The van der Waals surface area contributed by atoms with Crippen molar-refractivity contribution in [2.45, 2.75) is 13.8 Å². The van der Waals surface area contributed by atoms with E-state index >= 15 is 0 Å². The monoisotopic (exact) mass is 340 g/mol. The Bertz CT molecular complexity index is 787. The van der Waals surface area contributed by atoms with Crippen LogP contribution in [-0.4, -0.2) is 31.7 Å². The standard InChI is InChI=1S/C19H20N2O4/c1-13-3-5-15(6-4-13)19(23)20-9-10-21(14(2)22)16-7-8-17-18(11-16)25-12-24-17/h3-8,11H,9-10,12H2,1-2H3,(H,20,23). The number of carbonyl (C=O) groups excluding carboxylic acids is 2. The van der Waals surface area contributed by atoms with Crippen molar-refractivity contribution in [3.05, 3.63) is 53.6 Å². The molecule has 6 nitrogen and oxygen atoms in total. The number of fused-ring (bicyclic) bond motifs is 1. The van der Waals surface area contributed by atoms with Gasteiger partial charge < -0.3 is 19.7 Å². The summed E-state index contributed by atoms with van der Waals surface area (Å²) in [6.45, 7) is 4.36. The molecule has 0 fully saturated rings. The highest BCUT2D eigenvalue weighted by atomic mass is 16.7. The minimum Gasteiger partial charge on any atom is -0.454 e. The first-order valence-electron chi connectivity index (χ1n) is 8.07. The minimum absolute atomic E-state index is 0.108. The Morgan fingerprint density at radius 2 is 1.80 bits per heavy atom. The first-order chi connectivity index (χ1) is 12.0. The number of ether oxygens (including phenoxy) is 2. The van der Waals surface area contributed by atoms with Crippen LogP contribution in [0.15, 0.2) is 42.5 Å². The summed E-state index contributed by atoms with van der Waals surface area (Å²) in [4.78, 5) is 25.7. The Morgan fingerprint density at radius 3 is 2.52 bits per heavy atom. The predicted molar refractivity (Wildman–Crippen MR) is 94.1 cm³/mol. The summed E-state index contributed by atoms with van der Waals surface area (Å²) >= 11 is 0. The maximum atomic E-state index is 12.1. The van der Waals surface area contributed by atoms with Gasteiger partial charge in [0, 0.05) is 37.3 Å². The number of hydrogen-bond acceptors (Lipinski definition) is 4. The predicted octanol–water partition coefficient (Wildman–Crippen LogP) is 2.51. The molecule has 6 heteroatoms. The van der Waals surface area contributed by atoms with Gasteiger partial charge in [0.25, 0.3) is 5.91 Å². The van der Waals surface area contributed by atoms with E-state index in [-0.39, 0.29) is 18.6 Å². The number of anilines is 1. The van der Waals surface area contributed by atoms with Crippen molar-refractivity contribution in [2.24, 2.45) is 0 Å². The second-order valence-corrected chi connectivity index (χ2v) is 5.83. The molecule has 0 aliphatic carbocycles.